The van der Waals surface area contributed by atoms with E-state index in [0.29, 0.717) is 6.54 Å². The summed E-state index contributed by atoms with van der Waals surface area (Å²) in [4.78, 5) is 11.6. The largest absolute Gasteiger partial charge is 0.311 e. The molecule has 0 atom stereocenters. The summed E-state index contributed by atoms with van der Waals surface area (Å²) in [6, 6.07) is 11.5. The Balaban J connectivity index is 2.35. The molecule has 2 rings (SSSR count). The van der Waals surface area contributed by atoms with Crippen molar-refractivity contribution in [1.29, 1.82) is 0 Å². The first-order chi connectivity index (χ1) is 7.66. The SMILES string of the molecule is Cc1ccc(Cn2ccccc2=O)c(C)c1. The lowest BCUT2D eigenvalue weighted by molar-refractivity contribution is 0.755. The topological polar surface area (TPSA) is 22.0 Å². The molecule has 0 bridgehead atoms. The quantitative estimate of drug-likeness (QED) is 0.751. The summed E-state index contributed by atoms with van der Waals surface area (Å²) >= 11 is 0. The second-order valence-corrected chi connectivity index (χ2v) is 4.10. The van der Waals surface area contributed by atoms with E-state index in [4.69, 9.17) is 0 Å². The zero-order chi connectivity index (χ0) is 11.5. The number of nitrogens with zero attached hydrogens (tertiary/aromatic N) is 1. The van der Waals surface area contributed by atoms with Gasteiger partial charge in [0.25, 0.3) is 5.56 Å². The smallest absolute Gasteiger partial charge is 0.250 e. The Bertz CT molecular complexity index is 555. The maximum absolute atomic E-state index is 11.6. The van der Waals surface area contributed by atoms with Gasteiger partial charge in [-0.05, 0) is 31.0 Å². The summed E-state index contributed by atoms with van der Waals surface area (Å²) in [5.41, 5.74) is 3.72. The fraction of sp³-hybridized carbons (Fsp3) is 0.214. The van der Waals surface area contributed by atoms with Gasteiger partial charge in [-0.25, -0.2) is 0 Å². The van der Waals surface area contributed by atoms with Crippen LogP contribution in [0.5, 0.6) is 0 Å². The van der Waals surface area contributed by atoms with E-state index in [0.717, 1.165) is 0 Å². The van der Waals surface area contributed by atoms with Gasteiger partial charge in [0, 0.05) is 12.3 Å². The van der Waals surface area contributed by atoms with Crippen LogP contribution < -0.4 is 5.56 Å². The predicted molar refractivity (Wildman–Crippen MR) is 65.7 cm³/mol. The third-order valence-corrected chi connectivity index (χ3v) is 2.74. The van der Waals surface area contributed by atoms with E-state index in [2.05, 4.69) is 32.0 Å². The van der Waals surface area contributed by atoms with Crippen LogP contribution >= 0.6 is 0 Å². The van der Waals surface area contributed by atoms with Crippen LogP contribution in [0.3, 0.4) is 0 Å². The lowest BCUT2D eigenvalue weighted by Gasteiger charge is -2.08. The molecule has 1 aromatic heterocycles. The van der Waals surface area contributed by atoms with Crippen LogP contribution in [0.4, 0.5) is 0 Å². The van der Waals surface area contributed by atoms with Gasteiger partial charge in [-0.2, -0.15) is 0 Å². The highest BCUT2D eigenvalue weighted by Crippen LogP contribution is 2.11. The third-order valence-electron chi connectivity index (χ3n) is 2.74. The van der Waals surface area contributed by atoms with Gasteiger partial charge in [-0.1, -0.05) is 29.8 Å². The fourth-order valence-electron chi connectivity index (χ4n) is 1.80. The highest BCUT2D eigenvalue weighted by Gasteiger charge is 2.00. The van der Waals surface area contributed by atoms with E-state index >= 15 is 0 Å². The molecule has 0 saturated heterocycles. The third kappa shape index (κ3) is 2.22. The Labute approximate surface area is 95.2 Å². The van der Waals surface area contributed by atoms with Gasteiger partial charge < -0.3 is 4.57 Å². The van der Waals surface area contributed by atoms with Crippen LogP contribution in [0, 0.1) is 13.8 Å². The summed E-state index contributed by atoms with van der Waals surface area (Å²) < 4.78 is 1.72. The van der Waals surface area contributed by atoms with Crippen molar-refractivity contribution >= 4 is 0 Å². The molecule has 82 valence electrons. The molecule has 0 saturated carbocycles. The van der Waals surface area contributed by atoms with Crippen molar-refractivity contribution in [3.05, 3.63) is 69.6 Å². The Morgan fingerprint density at radius 3 is 2.62 bits per heavy atom. The molecule has 2 heteroatoms. The highest BCUT2D eigenvalue weighted by atomic mass is 16.1. The van der Waals surface area contributed by atoms with Crippen LogP contribution in [-0.4, -0.2) is 4.57 Å². The van der Waals surface area contributed by atoms with E-state index < -0.39 is 0 Å². The number of hydrogen-bond donors (Lipinski definition) is 0. The minimum Gasteiger partial charge on any atom is -0.311 e. The average molecular weight is 213 g/mol. The number of hydrogen-bond acceptors (Lipinski definition) is 1. The van der Waals surface area contributed by atoms with Crippen molar-refractivity contribution in [2.75, 3.05) is 0 Å². The molecule has 0 spiro atoms. The van der Waals surface area contributed by atoms with E-state index in [-0.39, 0.29) is 5.56 Å². The van der Waals surface area contributed by atoms with Gasteiger partial charge in [0.15, 0.2) is 0 Å². The molecule has 0 aliphatic carbocycles. The number of aryl methyl sites for hydroxylation is 2. The highest BCUT2D eigenvalue weighted by molar-refractivity contribution is 5.30. The van der Waals surface area contributed by atoms with Gasteiger partial charge in [0.1, 0.15) is 0 Å². The van der Waals surface area contributed by atoms with Gasteiger partial charge >= 0.3 is 0 Å². The standard InChI is InChI=1S/C14H15NO/c1-11-6-7-13(12(2)9-11)10-15-8-4-3-5-14(15)16/h3-9H,10H2,1-2H3. The lowest BCUT2D eigenvalue weighted by Crippen LogP contribution is -2.18. The minimum absolute atomic E-state index is 0.0440. The lowest BCUT2D eigenvalue weighted by atomic mass is 10.1. The van der Waals surface area contributed by atoms with Crippen LogP contribution in [-0.2, 0) is 6.54 Å². The fourth-order valence-corrected chi connectivity index (χ4v) is 1.80. The molecular formula is C14H15NO. The Kier molecular flexibility index (Phi) is 2.91. The Hall–Kier alpha value is -1.83. The molecule has 16 heavy (non-hydrogen) atoms. The first-order valence-electron chi connectivity index (χ1n) is 5.38. The summed E-state index contributed by atoms with van der Waals surface area (Å²) in [5.74, 6) is 0. The van der Waals surface area contributed by atoms with E-state index in [1.165, 1.54) is 16.7 Å². The number of benzene rings is 1. The van der Waals surface area contributed by atoms with Crippen molar-refractivity contribution in [1.82, 2.24) is 4.57 Å². The molecule has 0 amide bonds. The summed E-state index contributed by atoms with van der Waals surface area (Å²) in [6.07, 6.45) is 1.82. The molecule has 0 radical (unpaired) electrons. The van der Waals surface area contributed by atoms with Crippen LogP contribution in [0.25, 0.3) is 0 Å². The molecule has 2 aromatic rings. The van der Waals surface area contributed by atoms with Gasteiger partial charge in [-0.15, -0.1) is 0 Å². The molecule has 0 N–H and O–H groups in total. The molecule has 0 fully saturated rings. The van der Waals surface area contributed by atoms with Crippen LogP contribution in [0.1, 0.15) is 16.7 Å². The Morgan fingerprint density at radius 2 is 1.94 bits per heavy atom. The van der Waals surface area contributed by atoms with Crippen LogP contribution in [0.15, 0.2) is 47.4 Å². The maximum Gasteiger partial charge on any atom is 0.250 e. The number of pyridine rings is 1. The van der Waals surface area contributed by atoms with Gasteiger partial charge in [-0.3, -0.25) is 4.79 Å². The first kappa shape index (κ1) is 10.7. The first-order valence-corrected chi connectivity index (χ1v) is 5.38. The molecular weight excluding hydrogens is 198 g/mol. The molecule has 1 aromatic carbocycles. The molecule has 0 aliphatic rings. The normalized spacial score (nSPS) is 10.4. The predicted octanol–water partition coefficient (Wildman–Crippen LogP) is 2.51. The van der Waals surface area contributed by atoms with Crippen molar-refractivity contribution in [2.24, 2.45) is 0 Å². The zero-order valence-electron chi connectivity index (χ0n) is 9.60. The molecule has 0 aliphatic heterocycles. The summed E-state index contributed by atoms with van der Waals surface area (Å²) in [6.45, 7) is 4.80. The molecule has 2 nitrogen and oxygen atoms in total. The maximum atomic E-state index is 11.6. The van der Waals surface area contributed by atoms with Gasteiger partial charge in [0.05, 0.1) is 6.54 Å². The number of aromatic nitrogens is 1. The number of rotatable bonds is 2. The van der Waals surface area contributed by atoms with Gasteiger partial charge in [0.2, 0.25) is 0 Å². The minimum atomic E-state index is 0.0440. The van der Waals surface area contributed by atoms with Crippen molar-refractivity contribution in [2.45, 2.75) is 20.4 Å². The monoisotopic (exact) mass is 213 g/mol. The van der Waals surface area contributed by atoms with E-state index in [1.54, 1.807) is 16.7 Å². The van der Waals surface area contributed by atoms with E-state index in [9.17, 15) is 4.79 Å². The van der Waals surface area contributed by atoms with Crippen molar-refractivity contribution < 1.29 is 0 Å². The summed E-state index contributed by atoms with van der Waals surface area (Å²) in [5, 5.41) is 0. The van der Waals surface area contributed by atoms with E-state index in [1.807, 2.05) is 12.3 Å². The Morgan fingerprint density at radius 1 is 1.12 bits per heavy atom. The summed E-state index contributed by atoms with van der Waals surface area (Å²) in [7, 11) is 0. The van der Waals surface area contributed by atoms with Crippen LogP contribution in [0.2, 0.25) is 0 Å². The average Bonchev–Trinajstić information content (AvgIpc) is 2.25. The zero-order valence-corrected chi connectivity index (χ0v) is 9.60. The second kappa shape index (κ2) is 4.35. The second-order valence-electron chi connectivity index (χ2n) is 4.10. The molecule has 0 unspecified atom stereocenters. The van der Waals surface area contributed by atoms with Crippen molar-refractivity contribution in [3.8, 4) is 0 Å². The molecule has 1 heterocycles. The van der Waals surface area contributed by atoms with Crippen molar-refractivity contribution in [3.63, 3.8) is 0 Å².